The third kappa shape index (κ3) is 3.34. The third-order valence-electron chi connectivity index (χ3n) is 2.97. The largest absolute Gasteiger partial charge is 0.384 e. The number of nitrogens with zero attached hydrogens (tertiary/aromatic N) is 2. The molecular formula is C13H14N4O3S. The summed E-state index contributed by atoms with van der Waals surface area (Å²) in [6, 6.07) is 3.21. The Morgan fingerprint density at radius 3 is 3.00 bits per heavy atom. The maximum atomic E-state index is 12.1. The molecule has 0 bridgehead atoms. The van der Waals surface area contributed by atoms with E-state index in [-0.39, 0.29) is 17.1 Å². The summed E-state index contributed by atoms with van der Waals surface area (Å²) in [6.45, 7) is 2.36. The lowest BCUT2D eigenvalue weighted by Gasteiger charge is -2.06. The van der Waals surface area contributed by atoms with E-state index in [1.807, 2.05) is 18.4 Å². The van der Waals surface area contributed by atoms with Crippen molar-refractivity contribution in [3.05, 3.63) is 49.8 Å². The van der Waals surface area contributed by atoms with Gasteiger partial charge in [-0.25, -0.2) is 4.98 Å². The van der Waals surface area contributed by atoms with E-state index in [9.17, 15) is 14.9 Å². The Labute approximate surface area is 125 Å². The zero-order chi connectivity index (χ0) is 15.4. The zero-order valence-corrected chi connectivity index (χ0v) is 12.1. The first-order valence-electron chi connectivity index (χ1n) is 6.26. The SMILES string of the molecule is CCc1ccsc1CNC(=O)c1cc(N)ncc1[N+](=O)[O-]. The van der Waals surface area contributed by atoms with Crippen LogP contribution in [0.1, 0.15) is 27.7 Å². The summed E-state index contributed by atoms with van der Waals surface area (Å²) < 4.78 is 0. The number of carbonyl (C=O) groups is 1. The molecule has 0 unspecified atom stereocenters. The highest BCUT2D eigenvalue weighted by Crippen LogP contribution is 2.20. The number of carbonyl (C=O) groups excluding carboxylic acids is 1. The second-order valence-electron chi connectivity index (χ2n) is 4.29. The average Bonchev–Trinajstić information content (AvgIpc) is 2.91. The number of anilines is 1. The van der Waals surface area contributed by atoms with Crippen molar-refractivity contribution < 1.29 is 9.72 Å². The van der Waals surface area contributed by atoms with Crippen LogP contribution in [0.15, 0.2) is 23.7 Å². The zero-order valence-electron chi connectivity index (χ0n) is 11.3. The molecule has 0 aliphatic heterocycles. The summed E-state index contributed by atoms with van der Waals surface area (Å²) in [6.07, 6.45) is 1.86. The average molecular weight is 306 g/mol. The molecule has 7 nitrogen and oxygen atoms in total. The fourth-order valence-corrected chi connectivity index (χ4v) is 2.80. The summed E-state index contributed by atoms with van der Waals surface area (Å²) in [5.74, 6) is -0.470. The van der Waals surface area contributed by atoms with Crippen LogP contribution in [0.3, 0.4) is 0 Å². The van der Waals surface area contributed by atoms with Gasteiger partial charge in [-0.15, -0.1) is 11.3 Å². The van der Waals surface area contributed by atoms with Crippen molar-refractivity contribution in [2.75, 3.05) is 5.73 Å². The Morgan fingerprint density at radius 1 is 1.57 bits per heavy atom. The minimum atomic E-state index is -0.649. The van der Waals surface area contributed by atoms with Gasteiger partial charge in [-0.2, -0.15) is 0 Å². The predicted molar refractivity (Wildman–Crippen MR) is 80.2 cm³/mol. The number of thiophene rings is 1. The minimum absolute atomic E-state index is 0.0659. The first-order chi connectivity index (χ1) is 10.0. The van der Waals surface area contributed by atoms with Crippen molar-refractivity contribution in [1.29, 1.82) is 0 Å². The van der Waals surface area contributed by atoms with Crippen LogP contribution >= 0.6 is 11.3 Å². The predicted octanol–water partition coefficient (Wildman–Crippen LogP) is 2.13. The Balaban J connectivity index is 2.17. The topological polar surface area (TPSA) is 111 Å². The smallest absolute Gasteiger partial charge is 0.300 e. The van der Waals surface area contributed by atoms with Gasteiger partial charge < -0.3 is 11.1 Å². The first-order valence-corrected chi connectivity index (χ1v) is 7.14. The first kappa shape index (κ1) is 14.9. The van der Waals surface area contributed by atoms with Gasteiger partial charge in [0.1, 0.15) is 17.6 Å². The van der Waals surface area contributed by atoms with Crippen LogP contribution in [0, 0.1) is 10.1 Å². The molecule has 2 aromatic heterocycles. The van der Waals surface area contributed by atoms with Crippen molar-refractivity contribution in [2.24, 2.45) is 0 Å². The quantitative estimate of drug-likeness (QED) is 0.649. The van der Waals surface area contributed by atoms with Gasteiger partial charge in [0.15, 0.2) is 0 Å². The number of nitrogens with two attached hydrogens (primary N) is 1. The van der Waals surface area contributed by atoms with E-state index in [4.69, 9.17) is 5.73 Å². The van der Waals surface area contributed by atoms with Crippen LogP contribution < -0.4 is 11.1 Å². The number of nitro groups is 1. The number of hydrogen-bond acceptors (Lipinski definition) is 6. The van der Waals surface area contributed by atoms with Crippen LogP contribution in [0.4, 0.5) is 11.5 Å². The van der Waals surface area contributed by atoms with E-state index in [1.54, 1.807) is 0 Å². The highest BCUT2D eigenvalue weighted by atomic mass is 32.1. The van der Waals surface area contributed by atoms with E-state index >= 15 is 0 Å². The Hall–Kier alpha value is -2.48. The standard InChI is InChI=1S/C13H14N4O3S/c1-2-8-3-4-21-11(8)7-16-13(18)9-5-12(14)15-6-10(9)17(19)20/h3-6H,2,7H2,1H3,(H2,14,15)(H,16,18). The number of nitrogens with one attached hydrogen (secondary N) is 1. The van der Waals surface area contributed by atoms with Gasteiger partial charge in [-0.05, 0) is 29.5 Å². The number of aryl methyl sites for hydroxylation is 1. The lowest BCUT2D eigenvalue weighted by molar-refractivity contribution is -0.385. The van der Waals surface area contributed by atoms with Crippen LogP contribution in [0.25, 0.3) is 0 Å². The Kier molecular flexibility index (Phi) is 4.49. The van der Waals surface area contributed by atoms with Crippen molar-refractivity contribution in [3.8, 4) is 0 Å². The molecule has 0 aliphatic rings. The highest BCUT2D eigenvalue weighted by Gasteiger charge is 2.21. The van der Waals surface area contributed by atoms with Crippen LogP contribution in [-0.2, 0) is 13.0 Å². The third-order valence-corrected chi connectivity index (χ3v) is 3.94. The molecule has 1 amide bonds. The lowest BCUT2D eigenvalue weighted by Crippen LogP contribution is -2.24. The molecule has 0 saturated carbocycles. The van der Waals surface area contributed by atoms with Crippen LogP contribution in [0.5, 0.6) is 0 Å². The van der Waals surface area contributed by atoms with E-state index in [0.29, 0.717) is 6.54 Å². The maximum Gasteiger partial charge on any atom is 0.300 e. The van der Waals surface area contributed by atoms with Gasteiger partial charge >= 0.3 is 0 Å². The van der Waals surface area contributed by atoms with E-state index in [2.05, 4.69) is 10.3 Å². The second-order valence-corrected chi connectivity index (χ2v) is 5.29. The summed E-state index contributed by atoms with van der Waals surface area (Å²) in [4.78, 5) is 27.1. The van der Waals surface area contributed by atoms with E-state index < -0.39 is 10.8 Å². The fourth-order valence-electron chi connectivity index (χ4n) is 1.88. The molecule has 2 aromatic rings. The molecular weight excluding hydrogens is 292 g/mol. The summed E-state index contributed by atoms with van der Waals surface area (Å²) in [7, 11) is 0. The van der Waals surface area contributed by atoms with E-state index in [1.165, 1.54) is 17.4 Å². The van der Waals surface area contributed by atoms with Gasteiger partial charge in [0, 0.05) is 4.88 Å². The Morgan fingerprint density at radius 2 is 2.33 bits per heavy atom. The molecule has 21 heavy (non-hydrogen) atoms. The molecule has 0 spiro atoms. The van der Waals surface area contributed by atoms with Crippen molar-refractivity contribution in [1.82, 2.24) is 10.3 Å². The van der Waals surface area contributed by atoms with Crippen molar-refractivity contribution in [3.63, 3.8) is 0 Å². The van der Waals surface area contributed by atoms with Gasteiger partial charge in [-0.3, -0.25) is 14.9 Å². The monoisotopic (exact) mass is 306 g/mol. The number of hydrogen-bond donors (Lipinski definition) is 2. The molecule has 0 radical (unpaired) electrons. The molecule has 0 fully saturated rings. The molecule has 2 heterocycles. The summed E-state index contributed by atoms with van der Waals surface area (Å²) >= 11 is 1.54. The Bertz CT molecular complexity index is 684. The number of pyridine rings is 1. The molecule has 0 aliphatic carbocycles. The normalized spacial score (nSPS) is 10.3. The fraction of sp³-hybridized carbons (Fsp3) is 0.231. The molecule has 0 aromatic carbocycles. The lowest BCUT2D eigenvalue weighted by atomic mass is 10.2. The highest BCUT2D eigenvalue weighted by molar-refractivity contribution is 7.10. The molecule has 0 atom stereocenters. The number of aromatic nitrogens is 1. The van der Waals surface area contributed by atoms with Gasteiger partial charge in [0.05, 0.1) is 11.5 Å². The summed E-state index contributed by atoms with van der Waals surface area (Å²) in [5.41, 5.74) is 6.21. The molecule has 3 N–H and O–H groups in total. The number of rotatable bonds is 5. The van der Waals surface area contributed by atoms with Crippen molar-refractivity contribution in [2.45, 2.75) is 19.9 Å². The number of amides is 1. The summed E-state index contributed by atoms with van der Waals surface area (Å²) in [5, 5.41) is 15.6. The van der Waals surface area contributed by atoms with Crippen molar-refractivity contribution >= 4 is 28.7 Å². The van der Waals surface area contributed by atoms with Gasteiger partial charge in [0.25, 0.3) is 11.6 Å². The number of nitrogen functional groups attached to an aromatic ring is 1. The maximum absolute atomic E-state index is 12.1. The molecule has 110 valence electrons. The van der Waals surface area contributed by atoms with Gasteiger partial charge in [0.2, 0.25) is 0 Å². The van der Waals surface area contributed by atoms with E-state index in [0.717, 1.165) is 23.1 Å². The molecule has 2 rings (SSSR count). The molecule has 8 heteroatoms. The van der Waals surface area contributed by atoms with Crippen LogP contribution in [-0.4, -0.2) is 15.8 Å². The second kappa shape index (κ2) is 6.31. The van der Waals surface area contributed by atoms with Crippen LogP contribution in [0.2, 0.25) is 0 Å². The minimum Gasteiger partial charge on any atom is -0.384 e. The molecule has 0 saturated heterocycles. The van der Waals surface area contributed by atoms with Gasteiger partial charge in [-0.1, -0.05) is 6.92 Å².